The maximum absolute atomic E-state index is 13.6. The van der Waals surface area contributed by atoms with Crippen molar-refractivity contribution in [2.45, 2.75) is 25.6 Å². The number of aliphatic hydroxyl groups excluding tert-OH is 1. The minimum absolute atomic E-state index is 0.241. The van der Waals surface area contributed by atoms with Crippen LogP contribution in [0, 0.1) is 12.7 Å². The molecule has 0 aliphatic carbocycles. The van der Waals surface area contributed by atoms with Crippen LogP contribution < -0.4 is 4.74 Å². The van der Waals surface area contributed by atoms with Crippen molar-refractivity contribution >= 4 is 0 Å². The molecule has 2 nitrogen and oxygen atoms in total. The van der Waals surface area contributed by atoms with Crippen molar-refractivity contribution in [3.63, 3.8) is 0 Å². The summed E-state index contributed by atoms with van der Waals surface area (Å²) in [6.45, 7) is 1.73. The number of rotatable bonds is 1. The Bertz CT molecular complexity index is 609. The molecule has 0 bridgehead atoms. The van der Waals surface area contributed by atoms with Crippen molar-refractivity contribution in [1.82, 2.24) is 0 Å². The number of para-hydroxylation sites is 1. The first kappa shape index (κ1) is 12.2. The van der Waals surface area contributed by atoms with E-state index in [1.165, 1.54) is 6.07 Å². The second-order valence-corrected chi connectivity index (χ2v) is 4.90. The molecule has 2 aromatic rings. The summed E-state index contributed by atoms with van der Waals surface area (Å²) >= 11 is 0. The molecule has 1 unspecified atom stereocenters. The van der Waals surface area contributed by atoms with Crippen LogP contribution in [0.3, 0.4) is 0 Å². The fourth-order valence-electron chi connectivity index (χ4n) is 2.41. The smallest absolute Gasteiger partial charge is 0.127 e. The average molecular weight is 258 g/mol. The number of aryl methyl sites for hydroxylation is 1. The van der Waals surface area contributed by atoms with E-state index in [1.54, 1.807) is 13.0 Å². The molecule has 0 saturated carbocycles. The molecule has 0 spiro atoms. The van der Waals surface area contributed by atoms with Crippen LogP contribution in [0.5, 0.6) is 5.75 Å². The summed E-state index contributed by atoms with van der Waals surface area (Å²) in [6, 6.07) is 12.5. The molecule has 0 aromatic heterocycles. The highest BCUT2D eigenvalue weighted by atomic mass is 19.1. The van der Waals surface area contributed by atoms with Crippen LogP contribution in [0.25, 0.3) is 0 Å². The SMILES string of the molecule is Cc1ccc(C2C[C@H](O)c3ccccc3O2)cc1F. The lowest BCUT2D eigenvalue weighted by Gasteiger charge is -2.30. The Labute approximate surface area is 111 Å². The molecule has 0 fully saturated rings. The molecule has 0 saturated heterocycles. The van der Waals surface area contributed by atoms with Gasteiger partial charge in [-0.2, -0.15) is 0 Å². The number of hydrogen-bond acceptors (Lipinski definition) is 2. The van der Waals surface area contributed by atoms with E-state index < -0.39 is 6.10 Å². The fourth-order valence-corrected chi connectivity index (χ4v) is 2.41. The molecule has 98 valence electrons. The van der Waals surface area contributed by atoms with Crippen LogP contribution in [-0.4, -0.2) is 5.11 Å². The molecule has 2 atom stereocenters. The highest BCUT2D eigenvalue weighted by Gasteiger charge is 2.27. The van der Waals surface area contributed by atoms with Crippen LogP contribution in [0.15, 0.2) is 42.5 Å². The lowest BCUT2D eigenvalue weighted by molar-refractivity contribution is 0.0656. The molecule has 1 aliphatic heterocycles. The predicted molar refractivity (Wildman–Crippen MR) is 70.5 cm³/mol. The monoisotopic (exact) mass is 258 g/mol. The zero-order chi connectivity index (χ0) is 13.4. The van der Waals surface area contributed by atoms with Gasteiger partial charge in [0, 0.05) is 12.0 Å². The van der Waals surface area contributed by atoms with E-state index in [4.69, 9.17) is 4.74 Å². The first-order chi connectivity index (χ1) is 9.15. The van der Waals surface area contributed by atoms with Crippen LogP contribution in [-0.2, 0) is 0 Å². The van der Waals surface area contributed by atoms with Gasteiger partial charge in [-0.3, -0.25) is 0 Å². The summed E-state index contributed by atoms with van der Waals surface area (Å²) in [6.07, 6.45) is -0.432. The Morgan fingerprint density at radius 3 is 2.79 bits per heavy atom. The van der Waals surface area contributed by atoms with Crippen molar-refractivity contribution in [2.75, 3.05) is 0 Å². The summed E-state index contributed by atoms with van der Waals surface area (Å²) in [5, 5.41) is 10.1. The van der Waals surface area contributed by atoms with E-state index in [1.807, 2.05) is 30.3 Å². The summed E-state index contributed by atoms with van der Waals surface area (Å²) in [5.41, 5.74) is 2.17. The van der Waals surface area contributed by atoms with E-state index in [0.717, 1.165) is 11.1 Å². The standard InChI is InChI=1S/C16H15FO2/c1-10-6-7-11(8-13(10)17)16-9-14(18)12-4-2-3-5-15(12)19-16/h2-8,14,16,18H,9H2,1H3/t14-,16?/m0/s1. The highest BCUT2D eigenvalue weighted by molar-refractivity contribution is 5.38. The predicted octanol–water partition coefficient (Wildman–Crippen LogP) is 3.69. The molecule has 1 heterocycles. The maximum Gasteiger partial charge on any atom is 0.127 e. The van der Waals surface area contributed by atoms with Crippen molar-refractivity contribution < 1.29 is 14.2 Å². The summed E-state index contributed by atoms with van der Waals surface area (Å²) in [5.74, 6) is 0.432. The van der Waals surface area contributed by atoms with Gasteiger partial charge in [0.1, 0.15) is 17.7 Å². The molecular weight excluding hydrogens is 243 g/mol. The van der Waals surface area contributed by atoms with Crippen molar-refractivity contribution in [3.8, 4) is 5.75 Å². The van der Waals surface area contributed by atoms with Crippen LogP contribution in [0.1, 0.15) is 35.3 Å². The van der Waals surface area contributed by atoms with Gasteiger partial charge in [0.2, 0.25) is 0 Å². The maximum atomic E-state index is 13.6. The molecule has 0 amide bonds. The molecule has 3 rings (SSSR count). The number of halogens is 1. The van der Waals surface area contributed by atoms with E-state index in [0.29, 0.717) is 17.7 Å². The number of aliphatic hydroxyl groups is 1. The van der Waals surface area contributed by atoms with Gasteiger partial charge in [0.25, 0.3) is 0 Å². The molecular formula is C16H15FO2. The molecule has 2 aromatic carbocycles. The Morgan fingerprint density at radius 2 is 2.00 bits per heavy atom. The lowest BCUT2D eigenvalue weighted by atomic mass is 9.94. The molecule has 3 heteroatoms. The van der Waals surface area contributed by atoms with Crippen molar-refractivity contribution in [2.24, 2.45) is 0 Å². The van der Waals surface area contributed by atoms with Crippen LogP contribution >= 0.6 is 0 Å². The Morgan fingerprint density at radius 1 is 1.21 bits per heavy atom. The molecule has 0 radical (unpaired) electrons. The highest BCUT2D eigenvalue weighted by Crippen LogP contribution is 2.40. The lowest BCUT2D eigenvalue weighted by Crippen LogP contribution is -2.19. The van der Waals surface area contributed by atoms with E-state index >= 15 is 0 Å². The van der Waals surface area contributed by atoms with Crippen molar-refractivity contribution in [3.05, 3.63) is 65.0 Å². The van der Waals surface area contributed by atoms with E-state index in [2.05, 4.69) is 0 Å². The quantitative estimate of drug-likeness (QED) is 0.845. The number of fused-ring (bicyclic) bond motifs is 1. The number of benzene rings is 2. The zero-order valence-electron chi connectivity index (χ0n) is 10.6. The minimum Gasteiger partial charge on any atom is -0.485 e. The Balaban J connectivity index is 1.94. The van der Waals surface area contributed by atoms with Crippen molar-refractivity contribution in [1.29, 1.82) is 0 Å². The zero-order valence-corrected chi connectivity index (χ0v) is 10.6. The summed E-state index contributed by atoms with van der Waals surface area (Å²) in [4.78, 5) is 0. The fraction of sp³-hybridized carbons (Fsp3) is 0.250. The Kier molecular flexibility index (Phi) is 2.99. The topological polar surface area (TPSA) is 29.5 Å². The van der Waals surface area contributed by atoms with E-state index in [-0.39, 0.29) is 11.9 Å². The van der Waals surface area contributed by atoms with Crippen LogP contribution in [0.2, 0.25) is 0 Å². The average Bonchev–Trinajstić information content (AvgIpc) is 2.42. The van der Waals surface area contributed by atoms with Gasteiger partial charge in [-0.05, 0) is 30.2 Å². The Hall–Kier alpha value is -1.87. The first-order valence-electron chi connectivity index (χ1n) is 6.35. The first-order valence-corrected chi connectivity index (χ1v) is 6.35. The van der Waals surface area contributed by atoms with Crippen LogP contribution in [0.4, 0.5) is 4.39 Å². The van der Waals surface area contributed by atoms with Gasteiger partial charge < -0.3 is 9.84 Å². The second-order valence-electron chi connectivity index (χ2n) is 4.90. The molecule has 1 N–H and O–H groups in total. The number of hydrogen-bond donors (Lipinski definition) is 1. The van der Waals surface area contributed by atoms with Gasteiger partial charge in [-0.1, -0.05) is 30.3 Å². The summed E-state index contributed by atoms with van der Waals surface area (Å²) in [7, 11) is 0. The molecule has 19 heavy (non-hydrogen) atoms. The van der Waals surface area contributed by atoms with Gasteiger partial charge in [0.15, 0.2) is 0 Å². The van der Waals surface area contributed by atoms with Gasteiger partial charge in [-0.25, -0.2) is 4.39 Å². The third kappa shape index (κ3) is 2.22. The molecule has 1 aliphatic rings. The third-order valence-electron chi connectivity index (χ3n) is 3.55. The van der Waals surface area contributed by atoms with Gasteiger partial charge >= 0.3 is 0 Å². The minimum atomic E-state index is -0.570. The largest absolute Gasteiger partial charge is 0.485 e. The normalized spacial score (nSPS) is 21.6. The third-order valence-corrected chi connectivity index (χ3v) is 3.55. The van der Waals surface area contributed by atoms with Gasteiger partial charge in [0.05, 0.1) is 6.10 Å². The second kappa shape index (κ2) is 4.67. The number of ether oxygens (including phenoxy) is 1. The van der Waals surface area contributed by atoms with E-state index in [9.17, 15) is 9.50 Å². The van der Waals surface area contributed by atoms with Gasteiger partial charge in [-0.15, -0.1) is 0 Å². The summed E-state index contributed by atoms with van der Waals surface area (Å²) < 4.78 is 19.5.